The van der Waals surface area contributed by atoms with Gasteiger partial charge in [-0.3, -0.25) is 0 Å². The molecule has 0 saturated carbocycles. The number of hydrogen-bond acceptors (Lipinski definition) is 8. The third kappa shape index (κ3) is 23.8. The summed E-state index contributed by atoms with van der Waals surface area (Å²) >= 11 is 0. The number of hydrogen-bond donors (Lipinski definition) is 1. The van der Waals surface area contributed by atoms with Crippen LogP contribution in [0.25, 0.3) is 0 Å². The summed E-state index contributed by atoms with van der Waals surface area (Å²) in [4.78, 5) is 34.3. The van der Waals surface area contributed by atoms with Gasteiger partial charge in [0, 0.05) is 23.3 Å². The number of rotatable bonds is 13. The number of carbonyl (C=O) groups is 3. The zero-order valence-electron chi connectivity index (χ0n) is 20.8. The van der Waals surface area contributed by atoms with Gasteiger partial charge in [0.2, 0.25) is 0 Å². The molecule has 0 aromatic heterocycles. The van der Waals surface area contributed by atoms with Crippen LogP contribution in [-0.4, -0.2) is 74.0 Å². The van der Waals surface area contributed by atoms with Crippen LogP contribution < -0.4 is 0 Å². The minimum absolute atomic E-state index is 0.0473. The molecule has 0 unspecified atom stereocenters. The van der Waals surface area contributed by atoms with E-state index in [2.05, 4.69) is 50.1 Å². The van der Waals surface area contributed by atoms with Crippen molar-refractivity contribution in [2.45, 2.75) is 54.4 Å². The highest BCUT2D eigenvalue weighted by Crippen LogP contribution is 1.95. The van der Waals surface area contributed by atoms with E-state index < -0.39 is 5.97 Å². The van der Waals surface area contributed by atoms with E-state index in [1.165, 1.54) is 0 Å². The van der Waals surface area contributed by atoms with E-state index in [0.29, 0.717) is 29.9 Å². The van der Waals surface area contributed by atoms with Crippen molar-refractivity contribution < 1.29 is 33.7 Å². The van der Waals surface area contributed by atoms with Gasteiger partial charge in [-0.2, -0.15) is 0 Å². The van der Waals surface area contributed by atoms with E-state index in [0.717, 1.165) is 32.5 Å². The standard InChI is InChI=1S/C10H19NO2.C8H14O2.C6H10O3/c1-5-11(6-2)7-8-13-10(12)9(3)4;1-4-5-6-10-8(9)7(2)3;1-5(2)6(8)9-4-3-7/h3,5-8H2,1-2,4H3;2,4-6H2,1,3H3;7H,1,3-4H2,2H3. The number of ether oxygens (including phenoxy) is 3. The Bertz CT molecular complexity index is 581. The lowest BCUT2D eigenvalue weighted by Crippen LogP contribution is -2.27. The van der Waals surface area contributed by atoms with Crippen LogP contribution in [0.2, 0.25) is 0 Å². The highest BCUT2D eigenvalue weighted by molar-refractivity contribution is 5.87. The fourth-order valence-electron chi connectivity index (χ4n) is 1.62. The van der Waals surface area contributed by atoms with Gasteiger partial charge in [0.15, 0.2) is 0 Å². The summed E-state index contributed by atoms with van der Waals surface area (Å²) in [5.74, 6) is -1.04. The highest BCUT2D eigenvalue weighted by atomic mass is 16.5. The molecule has 0 aromatic carbocycles. The number of aliphatic hydroxyl groups excluding tert-OH is 1. The molecule has 0 fully saturated rings. The summed E-state index contributed by atoms with van der Waals surface area (Å²) in [5.41, 5.74) is 1.28. The normalized spacial score (nSPS) is 9.38. The lowest BCUT2D eigenvalue weighted by Gasteiger charge is -2.17. The van der Waals surface area contributed by atoms with Crippen LogP contribution in [0, 0.1) is 0 Å². The van der Waals surface area contributed by atoms with Crippen molar-refractivity contribution in [1.82, 2.24) is 4.90 Å². The van der Waals surface area contributed by atoms with Gasteiger partial charge in [0.05, 0.1) is 13.2 Å². The Morgan fingerprint density at radius 3 is 1.41 bits per heavy atom. The molecule has 0 aliphatic heterocycles. The lowest BCUT2D eigenvalue weighted by molar-refractivity contribution is -0.140. The molecule has 32 heavy (non-hydrogen) atoms. The molecule has 0 amide bonds. The summed E-state index contributed by atoms with van der Waals surface area (Å²) in [6, 6.07) is 0. The monoisotopic (exact) mass is 457 g/mol. The highest BCUT2D eigenvalue weighted by Gasteiger charge is 2.04. The molecule has 0 heterocycles. The Morgan fingerprint density at radius 1 is 0.719 bits per heavy atom. The quantitative estimate of drug-likeness (QED) is 0.194. The van der Waals surface area contributed by atoms with Crippen LogP contribution >= 0.6 is 0 Å². The summed E-state index contributed by atoms with van der Waals surface area (Å²) in [5, 5.41) is 8.19. The average Bonchev–Trinajstić information content (AvgIpc) is 2.75. The zero-order valence-corrected chi connectivity index (χ0v) is 20.8. The Kier molecular flexibility index (Phi) is 24.8. The van der Waals surface area contributed by atoms with Crippen molar-refractivity contribution in [3.05, 3.63) is 36.5 Å². The zero-order chi connectivity index (χ0) is 25.5. The molecule has 8 heteroatoms. The summed E-state index contributed by atoms with van der Waals surface area (Å²) < 4.78 is 14.2. The first-order valence-corrected chi connectivity index (χ1v) is 10.8. The molecule has 0 aliphatic carbocycles. The van der Waals surface area contributed by atoms with Crippen LogP contribution in [0.1, 0.15) is 54.4 Å². The van der Waals surface area contributed by atoms with Crippen LogP contribution in [0.4, 0.5) is 0 Å². The van der Waals surface area contributed by atoms with Crippen molar-refractivity contribution in [1.29, 1.82) is 0 Å². The van der Waals surface area contributed by atoms with E-state index >= 15 is 0 Å². The van der Waals surface area contributed by atoms with Crippen LogP contribution in [0.5, 0.6) is 0 Å². The molecule has 0 rings (SSSR count). The minimum atomic E-state index is -0.455. The first-order valence-electron chi connectivity index (χ1n) is 10.8. The number of nitrogens with zero attached hydrogens (tertiary/aromatic N) is 1. The van der Waals surface area contributed by atoms with E-state index in [-0.39, 0.29) is 25.2 Å². The van der Waals surface area contributed by atoms with Crippen molar-refractivity contribution >= 4 is 17.9 Å². The molecular weight excluding hydrogens is 414 g/mol. The predicted molar refractivity (Wildman–Crippen MR) is 127 cm³/mol. The van der Waals surface area contributed by atoms with E-state index in [4.69, 9.17) is 14.6 Å². The smallest absolute Gasteiger partial charge is 0.333 e. The van der Waals surface area contributed by atoms with Crippen LogP contribution in [0.3, 0.4) is 0 Å². The molecule has 0 aliphatic rings. The maximum Gasteiger partial charge on any atom is 0.333 e. The second-order valence-electron chi connectivity index (χ2n) is 6.85. The van der Waals surface area contributed by atoms with Crippen molar-refractivity contribution in [2.75, 3.05) is 46.1 Å². The van der Waals surface area contributed by atoms with E-state index in [1.807, 2.05) is 0 Å². The first kappa shape index (κ1) is 34.2. The number of unbranched alkanes of at least 4 members (excludes halogenated alkanes) is 1. The van der Waals surface area contributed by atoms with Gasteiger partial charge < -0.3 is 24.2 Å². The number of aliphatic hydroxyl groups is 1. The molecule has 0 atom stereocenters. The molecule has 0 radical (unpaired) electrons. The summed E-state index contributed by atoms with van der Waals surface area (Å²) in [6.07, 6.45) is 1.97. The lowest BCUT2D eigenvalue weighted by atomic mass is 10.3. The summed E-state index contributed by atoms with van der Waals surface area (Å²) in [7, 11) is 0. The van der Waals surface area contributed by atoms with Crippen molar-refractivity contribution in [3.8, 4) is 0 Å². The predicted octanol–water partition coefficient (Wildman–Crippen LogP) is 3.45. The van der Waals surface area contributed by atoms with Gasteiger partial charge in [0.25, 0.3) is 0 Å². The van der Waals surface area contributed by atoms with Gasteiger partial charge in [-0.25, -0.2) is 14.4 Å². The fourth-order valence-corrected chi connectivity index (χ4v) is 1.62. The van der Waals surface area contributed by atoms with Gasteiger partial charge in [-0.15, -0.1) is 0 Å². The first-order chi connectivity index (χ1) is 15.0. The molecular formula is C24H43NO7. The molecule has 1 N–H and O–H groups in total. The minimum Gasteiger partial charge on any atom is -0.462 e. The molecule has 0 bridgehead atoms. The molecule has 186 valence electrons. The van der Waals surface area contributed by atoms with E-state index in [1.54, 1.807) is 20.8 Å². The summed E-state index contributed by atoms with van der Waals surface area (Å²) in [6.45, 7) is 25.0. The van der Waals surface area contributed by atoms with Gasteiger partial charge in [-0.05, 0) is 40.3 Å². The van der Waals surface area contributed by atoms with Gasteiger partial charge in [-0.1, -0.05) is 46.9 Å². The van der Waals surface area contributed by atoms with E-state index in [9.17, 15) is 14.4 Å². The maximum absolute atomic E-state index is 11.0. The van der Waals surface area contributed by atoms with Gasteiger partial charge in [0.1, 0.15) is 13.2 Å². The third-order valence-electron chi connectivity index (χ3n) is 3.64. The van der Waals surface area contributed by atoms with Gasteiger partial charge >= 0.3 is 17.9 Å². The second kappa shape index (κ2) is 23.2. The molecule has 8 nitrogen and oxygen atoms in total. The Labute approximate surface area is 193 Å². The van der Waals surface area contributed by atoms with Crippen LogP contribution in [0.15, 0.2) is 36.5 Å². The maximum atomic E-state index is 11.0. The molecule has 0 saturated heterocycles. The average molecular weight is 458 g/mol. The van der Waals surface area contributed by atoms with Crippen molar-refractivity contribution in [2.24, 2.45) is 0 Å². The molecule has 0 aromatic rings. The molecule has 0 spiro atoms. The fraction of sp³-hybridized carbons (Fsp3) is 0.625. The van der Waals surface area contributed by atoms with Crippen LogP contribution in [-0.2, 0) is 28.6 Å². The Morgan fingerprint density at radius 2 is 1.09 bits per heavy atom. The van der Waals surface area contributed by atoms with Crippen molar-refractivity contribution in [3.63, 3.8) is 0 Å². The number of likely N-dealkylation sites (N-methyl/N-ethyl adjacent to an activating group) is 1. The number of carbonyl (C=O) groups excluding carboxylic acids is 3. The second-order valence-corrected chi connectivity index (χ2v) is 6.85. The third-order valence-corrected chi connectivity index (χ3v) is 3.64. The topological polar surface area (TPSA) is 102 Å². The Balaban J connectivity index is -0.000000403. The largest absolute Gasteiger partial charge is 0.462 e. The Hall–Kier alpha value is -2.45. The number of esters is 3. The SMILES string of the molecule is C=C(C)C(=O)OCCCC.C=C(C)C(=O)OCCN(CC)CC.C=C(C)C(=O)OCCO.